The molecule has 0 bridgehead atoms. The molecule has 17 heavy (non-hydrogen) atoms. The highest BCUT2D eigenvalue weighted by Crippen LogP contribution is 2.31. The van der Waals surface area contributed by atoms with Crippen LogP contribution in [0.5, 0.6) is 0 Å². The first kappa shape index (κ1) is 11.2. The molecule has 6 nitrogen and oxygen atoms in total. The molecule has 2 rings (SSSR count). The maximum atomic E-state index is 12.2. The van der Waals surface area contributed by atoms with Crippen LogP contribution in [0.15, 0.2) is 18.2 Å². The van der Waals surface area contributed by atoms with Crippen LogP contribution in [-0.2, 0) is 4.79 Å². The summed E-state index contributed by atoms with van der Waals surface area (Å²) < 4.78 is 12.2. The minimum atomic E-state index is -0.849. The average Bonchev–Trinajstić information content (AvgIpc) is 2.54. The number of nitro benzene ring substituents is 1. The summed E-state index contributed by atoms with van der Waals surface area (Å²) >= 11 is 0. The van der Waals surface area contributed by atoms with Gasteiger partial charge in [0.15, 0.2) is 0 Å². The fourth-order valence-corrected chi connectivity index (χ4v) is 1.71. The van der Waals surface area contributed by atoms with Gasteiger partial charge in [0.2, 0.25) is 0 Å². The van der Waals surface area contributed by atoms with Crippen molar-refractivity contribution < 1.29 is 18.9 Å². The summed E-state index contributed by atoms with van der Waals surface area (Å²) in [4.78, 5) is 33.9. The summed E-state index contributed by atoms with van der Waals surface area (Å²) in [6.07, 6.45) is 0. The number of nitrogens with zero attached hydrogens (tertiary/aromatic N) is 2. The van der Waals surface area contributed by atoms with Crippen molar-refractivity contribution in [3.8, 4) is 0 Å². The van der Waals surface area contributed by atoms with E-state index in [-0.39, 0.29) is 23.5 Å². The van der Waals surface area contributed by atoms with Crippen LogP contribution in [0.2, 0.25) is 0 Å². The minimum Gasteiger partial charge on any atom is -0.302 e. The van der Waals surface area contributed by atoms with Crippen LogP contribution in [0.4, 0.5) is 15.8 Å². The summed E-state index contributed by atoms with van der Waals surface area (Å²) in [5.74, 6) is -1.68. The maximum absolute atomic E-state index is 12.2. The zero-order valence-electron chi connectivity index (χ0n) is 8.55. The second kappa shape index (κ2) is 3.93. The number of non-ortho nitro benzene ring substituents is 1. The van der Waals surface area contributed by atoms with Crippen LogP contribution >= 0.6 is 0 Å². The average molecular weight is 238 g/mol. The van der Waals surface area contributed by atoms with Crippen LogP contribution in [0.3, 0.4) is 0 Å². The van der Waals surface area contributed by atoms with Gasteiger partial charge in [0.05, 0.1) is 22.7 Å². The van der Waals surface area contributed by atoms with Gasteiger partial charge in [0, 0.05) is 12.1 Å². The lowest BCUT2D eigenvalue weighted by Crippen LogP contribution is -2.31. The van der Waals surface area contributed by atoms with E-state index in [4.69, 9.17) is 0 Å². The molecule has 0 aliphatic carbocycles. The summed E-state index contributed by atoms with van der Waals surface area (Å²) in [7, 11) is 0. The van der Waals surface area contributed by atoms with E-state index >= 15 is 0 Å². The Bertz CT molecular complexity index is 529. The third-order valence-corrected chi connectivity index (χ3v) is 2.47. The Morgan fingerprint density at radius 2 is 2.06 bits per heavy atom. The van der Waals surface area contributed by atoms with Crippen molar-refractivity contribution in [3.05, 3.63) is 33.9 Å². The molecule has 88 valence electrons. The molecule has 0 N–H and O–H groups in total. The van der Waals surface area contributed by atoms with E-state index in [2.05, 4.69) is 0 Å². The molecule has 0 saturated heterocycles. The van der Waals surface area contributed by atoms with E-state index in [1.807, 2.05) is 0 Å². The van der Waals surface area contributed by atoms with E-state index in [0.717, 1.165) is 11.0 Å². The number of nitro groups is 1. The predicted molar refractivity (Wildman–Crippen MR) is 55.8 cm³/mol. The number of Topliss-reactive ketones (excluding diaryl/α,β-unsaturated/α-hetero) is 1. The smallest absolute Gasteiger partial charge is 0.299 e. The number of benzene rings is 1. The molecule has 7 heteroatoms. The Balaban J connectivity index is 2.51. The molecule has 0 saturated carbocycles. The van der Waals surface area contributed by atoms with Crippen molar-refractivity contribution in [2.45, 2.75) is 0 Å². The SMILES string of the molecule is O=C1C(=O)N(CCF)c2ccc([N+](=O)[O-])cc21. The van der Waals surface area contributed by atoms with Crippen molar-refractivity contribution in [2.24, 2.45) is 0 Å². The van der Waals surface area contributed by atoms with Gasteiger partial charge in [-0.1, -0.05) is 0 Å². The quantitative estimate of drug-likeness (QED) is 0.448. The van der Waals surface area contributed by atoms with E-state index in [1.54, 1.807) is 0 Å². The number of rotatable bonds is 3. The van der Waals surface area contributed by atoms with E-state index in [0.29, 0.717) is 0 Å². The van der Waals surface area contributed by atoms with Gasteiger partial charge >= 0.3 is 0 Å². The normalized spacial score (nSPS) is 14.1. The zero-order chi connectivity index (χ0) is 12.6. The second-order valence-electron chi connectivity index (χ2n) is 3.43. The largest absolute Gasteiger partial charge is 0.302 e. The van der Waals surface area contributed by atoms with Crippen LogP contribution < -0.4 is 4.90 Å². The summed E-state index contributed by atoms with van der Waals surface area (Å²) in [6.45, 7) is -1.01. The first-order valence-electron chi connectivity index (χ1n) is 4.77. The van der Waals surface area contributed by atoms with Crippen LogP contribution in [-0.4, -0.2) is 29.8 Å². The van der Waals surface area contributed by atoms with Gasteiger partial charge in [-0.15, -0.1) is 0 Å². The first-order valence-corrected chi connectivity index (χ1v) is 4.77. The van der Waals surface area contributed by atoms with Gasteiger partial charge in [0.1, 0.15) is 6.67 Å². The Morgan fingerprint density at radius 3 is 2.65 bits per heavy atom. The number of carbonyl (C=O) groups is 2. The molecular formula is C10H7FN2O4. The van der Waals surface area contributed by atoms with Crippen LogP contribution in [0.25, 0.3) is 0 Å². The summed E-state index contributed by atoms with van der Waals surface area (Å²) in [5, 5.41) is 10.5. The molecule has 0 radical (unpaired) electrons. The first-order chi connectivity index (χ1) is 8.06. The monoisotopic (exact) mass is 238 g/mol. The number of alkyl halides is 1. The number of carbonyl (C=O) groups excluding carboxylic acids is 2. The summed E-state index contributed by atoms with van der Waals surface area (Å²) in [6, 6.07) is 3.50. The molecule has 1 aromatic carbocycles. The van der Waals surface area contributed by atoms with E-state index in [1.165, 1.54) is 12.1 Å². The highest BCUT2D eigenvalue weighted by molar-refractivity contribution is 6.52. The fourth-order valence-electron chi connectivity index (χ4n) is 1.71. The van der Waals surface area contributed by atoms with E-state index in [9.17, 15) is 24.1 Å². The van der Waals surface area contributed by atoms with Crippen LogP contribution in [0, 0.1) is 10.1 Å². The Morgan fingerprint density at radius 1 is 1.35 bits per heavy atom. The molecule has 0 unspecified atom stereocenters. The molecule has 0 spiro atoms. The van der Waals surface area contributed by atoms with Gasteiger partial charge in [-0.3, -0.25) is 19.7 Å². The molecular weight excluding hydrogens is 231 g/mol. The number of amides is 1. The highest BCUT2D eigenvalue weighted by atomic mass is 19.1. The van der Waals surface area contributed by atoms with E-state index < -0.39 is 23.3 Å². The number of halogens is 1. The number of anilines is 1. The second-order valence-corrected chi connectivity index (χ2v) is 3.43. The number of fused-ring (bicyclic) bond motifs is 1. The number of ketones is 1. The van der Waals surface area contributed by atoms with Crippen molar-refractivity contribution in [1.29, 1.82) is 0 Å². The third kappa shape index (κ3) is 1.65. The topological polar surface area (TPSA) is 80.5 Å². The number of hydrogen-bond acceptors (Lipinski definition) is 4. The number of hydrogen-bond donors (Lipinski definition) is 0. The zero-order valence-corrected chi connectivity index (χ0v) is 8.55. The Hall–Kier alpha value is -2.31. The third-order valence-electron chi connectivity index (χ3n) is 2.47. The van der Waals surface area contributed by atoms with Crippen molar-refractivity contribution in [3.63, 3.8) is 0 Å². The maximum Gasteiger partial charge on any atom is 0.299 e. The Labute approximate surface area is 94.8 Å². The molecule has 0 atom stereocenters. The fraction of sp³-hybridized carbons (Fsp3) is 0.200. The minimum absolute atomic E-state index is 0.0438. The lowest BCUT2D eigenvalue weighted by Gasteiger charge is -2.13. The van der Waals surface area contributed by atoms with Gasteiger partial charge in [0.25, 0.3) is 17.4 Å². The van der Waals surface area contributed by atoms with Gasteiger partial charge in [-0.2, -0.15) is 0 Å². The lowest BCUT2D eigenvalue weighted by molar-refractivity contribution is -0.384. The van der Waals surface area contributed by atoms with Gasteiger partial charge in [-0.05, 0) is 6.07 Å². The van der Waals surface area contributed by atoms with Gasteiger partial charge < -0.3 is 4.90 Å². The highest BCUT2D eigenvalue weighted by Gasteiger charge is 2.36. The standard InChI is InChI=1S/C10H7FN2O4/c11-3-4-12-8-2-1-6(13(16)17)5-7(8)9(14)10(12)15/h1-2,5H,3-4H2. The summed E-state index contributed by atoms with van der Waals surface area (Å²) in [5.41, 5.74) is -0.0899. The predicted octanol–water partition coefficient (Wildman–Crippen LogP) is 1.09. The molecule has 0 aromatic heterocycles. The van der Waals surface area contributed by atoms with Crippen molar-refractivity contribution in [1.82, 2.24) is 0 Å². The molecule has 0 fully saturated rings. The van der Waals surface area contributed by atoms with Crippen molar-refractivity contribution in [2.75, 3.05) is 18.1 Å². The molecule has 1 heterocycles. The Kier molecular flexibility index (Phi) is 2.58. The van der Waals surface area contributed by atoms with Gasteiger partial charge in [-0.25, -0.2) is 4.39 Å². The van der Waals surface area contributed by atoms with Crippen LogP contribution in [0.1, 0.15) is 10.4 Å². The molecule has 1 aliphatic rings. The molecule has 1 aliphatic heterocycles. The lowest BCUT2D eigenvalue weighted by atomic mass is 10.1. The van der Waals surface area contributed by atoms with Crippen molar-refractivity contribution >= 4 is 23.1 Å². The molecule has 1 aromatic rings. The molecule has 1 amide bonds.